The van der Waals surface area contributed by atoms with Crippen LogP contribution in [-0.2, 0) is 16.6 Å². The fourth-order valence-corrected chi connectivity index (χ4v) is 3.55. The molecule has 0 aliphatic rings. The summed E-state index contributed by atoms with van der Waals surface area (Å²) in [5.41, 5.74) is 2.40. The zero-order valence-electron chi connectivity index (χ0n) is 14.1. The van der Waals surface area contributed by atoms with Gasteiger partial charge in [0.25, 0.3) is 0 Å². The number of rotatable bonds is 5. The number of benzene rings is 2. The molecule has 0 fully saturated rings. The molecule has 0 saturated heterocycles. The number of oxazole rings is 1. The maximum Gasteiger partial charge on any atom is 0.417 e. The minimum Gasteiger partial charge on any atom is -0.408 e. The number of nitrogens with one attached hydrogen (secondary N) is 2. The van der Waals surface area contributed by atoms with Gasteiger partial charge in [0.2, 0.25) is 21.7 Å². The average Bonchev–Trinajstić information content (AvgIpc) is 3.25. The van der Waals surface area contributed by atoms with Gasteiger partial charge in [0, 0.05) is 11.6 Å². The highest BCUT2D eigenvalue weighted by atomic mass is 32.2. The van der Waals surface area contributed by atoms with Crippen molar-refractivity contribution in [3.8, 4) is 11.4 Å². The Kier molecular flexibility index (Phi) is 4.13. The normalized spacial score (nSPS) is 11.9. The Labute approximate surface area is 153 Å². The van der Waals surface area contributed by atoms with E-state index in [1.165, 1.54) is 18.2 Å². The molecule has 0 atom stereocenters. The smallest absolute Gasteiger partial charge is 0.408 e. The van der Waals surface area contributed by atoms with Crippen molar-refractivity contribution >= 4 is 21.1 Å². The minimum absolute atomic E-state index is 0.0452. The number of nitrogens with zero attached hydrogens (tertiary/aromatic N) is 2. The molecule has 2 aromatic heterocycles. The molecule has 0 aliphatic heterocycles. The number of aromatic nitrogens is 3. The summed E-state index contributed by atoms with van der Waals surface area (Å²) in [5, 5.41) is 3.87. The Morgan fingerprint density at radius 3 is 2.85 bits per heavy atom. The summed E-state index contributed by atoms with van der Waals surface area (Å²) in [6, 6.07) is 11.6. The van der Waals surface area contributed by atoms with E-state index < -0.39 is 15.8 Å². The highest BCUT2D eigenvalue weighted by molar-refractivity contribution is 7.89. The summed E-state index contributed by atoms with van der Waals surface area (Å²) in [6.07, 6.45) is 0. The highest BCUT2D eigenvalue weighted by Gasteiger charge is 2.18. The van der Waals surface area contributed by atoms with Crippen LogP contribution < -0.4 is 10.5 Å². The molecule has 4 aromatic rings. The van der Waals surface area contributed by atoms with Crippen molar-refractivity contribution in [2.24, 2.45) is 0 Å². The lowest BCUT2D eigenvalue weighted by Crippen LogP contribution is -2.23. The standard InChI is InChI=1S/C17H14N4O5S/c1-10-3-2-4-11(7-10)16-20-15(26-21-16)9-18-27(23,24)12-5-6-13-14(8-12)25-17(22)19-13/h2-8,18H,9H2,1H3,(H,19,22). The molecule has 0 unspecified atom stereocenters. The van der Waals surface area contributed by atoms with Crippen molar-refractivity contribution in [1.29, 1.82) is 0 Å². The van der Waals surface area contributed by atoms with Crippen molar-refractivity contribution in [2.45, 2.75) is 18.4 Å². The second kappa shape index (κ2) is 6.49. The van der Waals surface area contributed by atoms with Crippen LogP contribution in [0.25, 0.3) is 22.5 Å². The summed E-state index contributed by atoms with van der Waals surface area (Å²) in [7, 11) is -3.86. The van der Waals surface area contributed by atoms with Crippen molar-refractivity contribution in [1.82, 2.24) is 19.8 Å². The van der Waals surface area contributed by atoms with Gasteiger partial charge in [0.05, 0.1) is 17.0 Å². The predicted molar refractivity (Wildman–Crippen MR) is 95.3 cm³/mol. The van der Waals surface area contributed by atoms with Gasteiger partial charge in [-0.1, -0.05) is 28.9 Å². The summed E-state index contributed by atoms with van der Waals surface area (Å²) < 4.78 is 37.3. The van der Waals surface area contributed by atoms with E-state index >= 15 is 0 Å². The molecule has 0 radical (unpaired) electrons. The van der Waals surface area contributed by atoms with E-state index in [0.717, 1.165) is 11.1 Å². The van der Waals surface area contributed by atoms with Gasteiger partial charge in [0.1, 0.15) is 0 Å². The minimum atomic E-state index is -3.86. The lowest BCUT2D eigenvalue weighted by Gasteiger charge is -2.04. The van der Waals surface area contributed by atoms with Crippen molar-refractivity contribution < 1.29 is 17.4 Å². The highest BCUT2D eigenvalue weighted by Crippen LogP contribution is 2.18. The van der Waals surface area contributed by atoms with Gasteiger partial charge in [-0.25, -0.2) is 17.9 Å². The number of H-pyrrole nitrogens is 1. The van der Waals surface area contributed by atoms with E-state index in [4.69, 9.17) is 8.94 Å². The zero-order valence-corrected chi connectivity index (χ0v) is 14.9. The van der Waals surface area contributed by atoms with Gasteiger partial charge in [-0.2, -0.15) is 4.98 Å². The van der Waals surface area contributed by atoms with E-state index in [0.29, 0.717) is 11.3 Å². The zero-order chi connectivity index (χ0) is 19.0. The van der Waals surface area contributed by atoms with Gasteiger partial charge in [-0.3, -0.25) is 4.98 Å². The Morgan fingerprint density at radius 2 is 2.04 bits per heavy atom. The van der Waals surface area contributed by atoms with Gasteiger partial charge < -0.3 is 8.94 Å². The molecule has 9 nitrogen and oxygen atoms in total. The van der Waals surface area contributed by atoms with E-state index in [2.05, 4.69) is 19.8 Å². The summed E-state index contributed by atoms with van der Waals surface area (Å²) in [6.45, 7) is 1.78. The molecular formula is C17H14N4O5S. The fourth-order valence-electron chi connectivity index (χ4n) is 2.56. The molecule has 138 valence electrons. The SMILES string of the molecule is Cc1cccc(-c2noc(CNS(=O)(=O)c3ccc4[nH]c(=O)oc4c3)n2)c1. The summed E-state index contributed by atoms with van der Waals surface area (Å²) >= 11 is 0. The Balaban J connectivity index is 1.52. The van der Waals surface area contributed by atoms with Crippen molar-refractivity contribution in [2.75, 3.05) is 0 Å². The number of aromatic amines is 1. The number of hydrogen-bond acceptors (Lipinski definition) is 7. The van der Waals surface area contributed by atoms with Crippen LogP contribution >= 0.6 is 0 Å². The lowest BCUT2D eigenvalue weighted by atomic mass is 10.1. The molecule has 2 aromatic carbocycles. The molecule has 27 heavy (non-hydrogen) atoms. The topological polar surface area (TPSA) is 131 Å². The van der Waals surface area contributed by atoms with Gasteiger partial charge in [-0.15, -0.1) is 0 Å². The van der Waals surface area contributed by atoms with E-state index in [-0.39, 0.29) is 22.9 Å². The predicted octanol–water partition coefficient (Wildman–Crippen LogP) is 1.96. The Bertz CT molecular complexity index is 1290. The van der Waals surface area contributed by atoms with Crippen LogP contribution in [0.1, 0.15) is 11.5 Å². The average molecular weight is 386 g/mol. The van der Waals surface area contributed by atoms with Gasteiger partial charge >= 0.3 is 5.76 Å². The third kappa shape index (κ3) is 3.52. The number of aryl methyl sites for hydroxylation is 1. The lowest BCUT2D eigenvalue weighted by molar-refractivity contribution is 0.376. The molecule has 10 heteroatoms. The Hall–Kier alpha value is -3.24. The van der Waals surface area contributed by atoms with Crippen LogP contribution in [0.5, 0.6) is 0 Å². The second-order valence-electron chi connectivity index (χ2n) is 5.88. The molecule has 2 heterocycles. The second-order valence-corrected chi connectivity index (χ2v) is 7.65. The summed E-state index contributed by atoms with van der Waals surface area (Å²) in [5.74, 6) is -0.144. The maximum absolute atomic E-state index is 12.4. The van der Waals surface area contributed by atoms with Crippen LogP contribution in [0.15, 0.2) is 61.1 Å². The van der Waals surface area contributed by atoms with E-state index in [1.807, 2.05) is 31.2 Å². The third-order valence-electron chi connectivity index (χ3n) is 3.86. The molecule has 0 spiro atoms. The van der Waals surface area contributed by atoms with Gasteiger partial charge in [0.15, 0.2) is 5.58 Å². The first-order valence-electron chi connectivity index (χ1n) is 7.93. The molecule has 4 rings (SSSR count). The quantitative estimate of drug-likeness (QED) is 0.536. The molecule has 0 saturated carbocycles. The van der Waals surface area contributed by atoms with E-state index in [1.54, 1.807) is 0 Å². The Morgan fingerprint density at radius 1 is 1.19 bits per heavy atom. The molecule has 0 bridgehead atoms. The summed E-state index contributed by atoms with van der Waals surface area (Å²) in [4.78, 5) is 17.8. The van der Waals surface area contributed by atoms with E-state index in [9.17, 15) is 13.2 Å². The van der Waals surface area contributed by atoms with Crippen molar-refractivity contribution in [3.05, 3.63) is 64.5 Å². The molecule has 2 N–H and O–H groups in total. The van der Waals surface area contributed by atoms with Crippen LogP contribution in [0, 0.1) is 6.92 Å². The fraction of sp³-hybridized carbons (Fsp3) is 0.118. The number of fused-ring (bicyclic) bond motifs is 1. The van der Waals surface area contributed by atoms with Crippen LogP contribution in [-0.4, -0.2) is 23.5 Å². The molecular weight excluding hydrogens is 372 g/mol. The monoisotopic (exact) mass is 386 g/mol. The number of sulfonamides is 1. The molecule has 0 aliphatic carbocycles. The first kappa shape index (κ1) is 17.2. The first-order chi connectivity index (χ1) is 12.9. The molecule has 0 amide bonds. The van der Waals surface area contributed by atoms with Crippen LogP contribution in [0.3, 0.4) is 0 Å². The van der Waals surface area contributed by atoms with Gasteiger partial charge in [-0.05, 0) is 25.1 Å². The van der Waals surface area contributed by atoms with Crippen molar-refractivity contribution in [3.63, 3.8) is 0 Å². The largest absolute Gasteiger partial charge is 0.417 e. The van der Waals surface area contributed by atoms with Crippen LogP contribution in [0.2, 0.25) is 0 Å². The maximum atomic E-state index is 12.4. The third-order valence-corrected chi connectivity index (χ3v) is 5.26. The first-order valence-corrected chi connectivity index (χ1v) is 9.41. The number of hydrogen-bond donors (Lipinski definition) is 2. The van der Waals surface area contributed by atoms with Crippen LogP contribution in [0.4, 0.5) is 0 Å².